The van der Waals surface area contributed by atoms with E-state index in [4.69, 9.17) is 0 Å². The van der Waals surface area contributed by atoms with Crippen LogP contribution in [0.4, 0.5) is 4.39 Å². The average molecular weight is 207 g/mol. The van der Waals surface area contributed by atoms with Crippen molar-refractivity contribution < 1.29 is 4.39 Å². The molecule has 0 spiro atoms. The molecule has 2 rings (SSSR count). The number of halogens is 1. The Kier molecular flexibility index (Phi) is 3.37. The van der Waals surface area contributed by atoms with Gasteiger partial charge in [-0.1, -0.05) is 25.1 Å². The zero-order chi connectivity index (χ0) is 10.7. The minimum atomic E-state index is -0.0450. The van der Waals surface area contributed by atoms with Crippen molar-refractivity contribution in [2.75, 3.05) is 6.54 Å². The van der Waals surface area contributed by atoms with Crippen LogP contribution in [0.1, 0.15) is 37.7 Å². The summed E-state index contributed by atoms with van der Waals surface area (Å²) in [7, 11) is 0. The molecule has 0 unspecified atom stereocenters. The van der Waals surface area contributed by atoms with Crippen LogP contribution in [0.2, 0.25) is 0 Å². The van der Waals surface area contributed by atoms with Crippen molar-refractivity contribution in [3.8, 4) is 0 Å². The van der Waals surface area contributed by atoms with Crippen LogP contribution in [0, 0.1) is 5.82 Å². The second kappa shape index (κ2) is 4.75. The lowest BCUT2D eigenvalue weighted by Gasteiger charge is -2.36. The third-order valence-electron chi connectivity index (χ3n) is 3.17. The van der Waals surface area contributed by atoms with Gasteiger partial charge in [0.2, 0.25) is 0 Å². The third-order valence-corrected chi connectivity index (χ3v) is 3.17. The van der Waals surface area contributed by atoms with Crippen molar-refractivity contribution in [2.24, 2.45) is 0 Å². The molecule has 0 aromatic heterocycles. The van der Waals surface area contributed by atoms with E-state index in [1.165, 1.54) is 6.42 Å². The fourth-order valence-corrected chi connectivity index (χ4v) is 2.19. The maximum atomic E-state index is 13.4. The maximum absolute atomic E-state index is 13.4. The second-order valence-corrected chi connectivity index (χ2v) is 4.34. The largest absolute Gasteiger partial charge is 0.314 e. The van der Waals surface area contributed by atoms with E-state index in [-0.39, 0.29) is 5.82 Å². The Balaban J connectivity index is 1.87. The van der Waals surface area contributed by atoms with E-state index in [1.807, 2.05) is 12.1 Å². The molecule has 2 heteroatoms. The van der Waals surface area contributed by atoms with E-state index in [0.717, 1.165) is 24.9 Å². The molecule has 1 aromatic carbocycles. The van der Waals surface area contributed by atoms with Gasteiger partial charge in [-0.3, -0.25) is 0 Å². The Bertz CT molecular complexity index is 318. The molecule has 0 heterocycles. The molecule has 15 heavy (non-hydrogen) atoms. The first kappa shape index (κ1) is 10.6. The van der Waals surface area contributed by atoms with E-state index in [9.17, 15) is 4.39 Å². The van der Waals surface area contributed by atoms with Gasteiger partial charge in [0.1, 0.15) is 5.82 Å². The molecular weight excluding hydrogens is 189 g/mol. The monoisotopic (exact) mass is 207 g/mol. The number of nitrogens with one attached hydrogen (secondary N) is 1. The highest BCUT2D eigenvalue weighted by molar-refractivity contribution is 5.24. The van der Waals surface area contributed by atoms with Gasteiger partial charge in [0.25, 0.3) is 0 Å². The molecule has 0 bridgehead atoms. The lowest BCUT2D eigenvalue weighted by molar-refractivity contribution is 0.286. The third kappa shape index (κ3) is 2.37. The molecule has 0 atom stereocenters. The first-order valence-electron chi connectivity index (χ1n) is 5.79. The highest BCUT2D eigenvalue weighted by atomic mass is 19.1. The van der Waals surface area contributed by atoms with Crippen LogP contribution < -0.4 is 5.32 Å². The van der Waals surface area contributed by atoms with Gasteiger partial charge in [0, 0.05) is 6.04 Å². The Morgan fingerprint density at radius 3 is 2.73 bits per heavy atom. The van der Waals surface area contributed by atoms with E-state index in [2.05, 4.69) is 12.2 Å². The van der Waals surface area contributed by atoms with Crippen LogP contribution in [0.3, 0.4) is 0 Å². The molecule has 0 saturated heterocycles. The van der Waals surface area contributed by atoms with Crippen LogP contribution in [-0.4, -0.2) is 12.6 Å². The molecule has 0 amide bonds. The Morgan fingerprint density at radius 1 is 1.33 bits per heavy atom. The highest BCUT2D eigenvalue weighted by Gasteiger charge is 2.30. The first-order valence-corrected chi connectivity index (χ1v) is 5.79. The van der Waals surface area contributed by atoms with Crippen molar-refractivity contribution in [1.29, 1.82) is 0 Å². The van der Waals surface area contributed by atoms with Crippen molar-refractivity contribution >= 4 is 0 Å². The van der Waals surface area contributed by atoms with Crippen LogP contribution in [0.15, 0.2) is 24.3 Å². The molecule has 1 nitrogen and oxygen atoms in total. The van der Waals surface area contributed by atoms with Gasteiger partial charge in [-0.25, -0.2) is 4.39 Å². The SMILES string of the molecule is CCCNC1CC(c2ccccc2F)C1. The normalized spacial score (nSPS) is 24.9. The molecule has 1 N–H and O–H groups in total. The van der Waals surface area contributed by atoms with Gasteiger partial charge in [-0.15, -0.1) is 0 Å². The van der Waals surface area contributed by atoms with E-state index < -0.39 is 0 Å². The molecule has 0 radical (unpaired) electrons. The summed E-state index contributed by atoms with van der Waals surface area (Å²) in [6, 6.07) is 7.75. The van der Waals surface area contributed by atoms with Gasteiger partial charge in [-0.2, -0.15) is 0 Å². The van der Waals surface area contributed by atoms with Crippen molar-refractivity contribution in [2.45, 2.75) is 38.1 Å². The number of hydrogen-bond acceptors (Lipinski definition) is 1. The lowest BCUT2D eigenvalue weighted by atomic mass is 9.75. The summed E-state index contributed by atoms with van der Waals surface area (Å²) in [6.45, 7) is 3.24. The summed E-state index contributed by atoms with van der Waals surface area (Å²) in [4.78, 5) is 0. The number of benzene rings is 1. The average Bonchev–Trinajstić information content (AvgIpc) is 2.18. The highest BCUT2D eigenvalue weighted by Crippen LogP contribution is 2.37. The molecule has 1 fully saturated rings. The number of hydrogen-bond donors (Lipinski definition) is 1. The van der Waals surface area contributed by atoms with Gasteiger partial charge in [0.05, 0.1) is 0 Å². The van der Waals surface area contributed by atoms with Crippen LogP contribution in [0.25, 0.3) is 0 Å². The molecular formula is C13H18FN. The van der Waals surface area contributed by atoms with Gasteiger partial charge < -0.3 is 5.32 Å². The summed E-state index contributed by atoms with van der Waals surface area (Å²) in [5.74, 6) is 0.386. The predicted molar refractivity (Wildman–Crippen MR) is 60.5 cm³/mol. The van der Waals surface area contributed by atoms with Crippen LogP contribution in [0.5, 0.6) is 0 Å². The van der Waals surface area contributed by atoms with E-state index in [1.54, 1.807) is 12.1 Å². The van der Waals surface area contributed by atoms with E-state index in [0.29, 0.717) is 12.0 Å². The first-order chi connectivity index (χ1) is 7.31. The Hall–Kier alpha value is -0.890. The molecule has 1 saturated carbocycles. The Labute approximate surface area is 90.7 Å². The minimum Gasteiger partial charge on any atom is -0.314 e. The van der Waals surface area contributed by atoms with Crippen molar-refractivity contribution in [3.63, 3.8) is 0 Å². The maximum Gasteiger partial charge on any atom is 0.126 e. The standard InChI is InChI=1S/C13H18FN/c1-2-7-15-11-8-10(9-11)12-5-3-4-6-13(12)14/h3-6,10-11,15H,2,7-9H2,1H3. The summed E-state index contributed by atoms with van der Waals surface area (Å²) in [6.07, 6.45) is 3.34. The predicted octanol–water partition coefficient (Wildman–Crippen LogP) is 3.07. The zero-order valence-electron chi connectivity index (χ0n) is 9.17. The topological polar surface area (TPSA) is 12.0 Å². The molecule has 0 aliphatic heterocycles. The quantitative estimate of drug-likeness (QED) is 0.800. The molecule has 82 valence electrons. The molecule has 1 aromatic rings. The smallest absolute Gasteiger partial charge is 0.126 e. The summed E-state index contributed by atoms with van der Waals surface area (Å²) in [5, 5.41) is 3.47. The second-order valence-electron chi connectivity index (χ2n) is 4.34. The summed E-state index contributed by atoms with van der Waals surface area (Å²) in [5.41, 5.74) is 0.895. The summed E-state index contributed by atoms with van der Waals surface area (Å²) >= 11 is 0. The molecule has 1 aliphatic carbocycles. The van der Waals surface area contributed by atoms with Crippen molar-refractivity contribution in [1.82, 2.24) is 5.32 Å². The van der Waals surface area contributed by atoms with Crippen molar-refractivity contribution in [3.05, 3.63) is 35.6 Å². The molecule has 1 aliphatic rings. The van der Waals surface area contributed by atoms with E-state index >= 15 is 0 Å². The van der Waals surface area contributed by atoms with Gasteiger partial charge in [0.15, 0.2) is 0 Å². The number of rotatable bonds is 4. The van der Waals surface area contributed by atoms with Gasteiger partial charge in [-0.05, 0) is 43.4 Å². The fourth-order valence-electron chi connectivity index (χ4n) is 2.19. The summed E-state index contributed by atoms with van der Waals surface area (Å²) < 4.78 is 13.4. The Morgan fingerprint density at radius 2 is 2.07 bits per heavy atom. The van der Waals surface area contributed by atoms with Crippen LogP contribution in [-0.2, 0) is 0 Å². The van der Waals surface area contributed by atoms with Crippen LogP contribution >= 0.6 is 0 Å². The zero-order valence-corrected chi connectivity index (χ0v) is 9.17. The fraction of sp³-hybridized carbons (Fsp3) is 0.538. The van der Waals surface area contributed by atoms with Gasteiger partial charge >= 0.3 is 0 Å². The lowest BCUT2D eigenvalue weighted by Crippen LogP contribution is -2.40. The minimum absolute atomic E-state index is 0.0450.